The molecule has 0 unspecified atom stereocenters. The number of aliphatic carboxylic acids is 1. The third-order valence-corrected chi connectivity index (χ3v) is 1.85. The van der Waals surface area contributed by atoms with Crippen LogP contribution in [0.25, 0.3) is 0 Å². The van der Waals surface area contributed by atoms with Crippen molar-refractivity contribution in [3.05, 3.63) is 6.92 Å². The Bertz CT molecular complexity index is 112. The third kappa shape index (κ3) is 31.4. The smallest absolute Gasteiger partial charge is 0.481 e. The Balaban J connectivity index is -0.000000187. The van der Waals surface area contributed by atoms with Crippen molar-refractivity contribution >= 4 is 5.97 Å². The van der Waals surface area contributed by atoms with E-state index in [0.29, 0.717) is 6.42 Å². The van der Waals surface area contributed by atoms with Crippen LogP contribution in [-0.2, 0) is 4.79 Å². The first kappa shape index (κ1) is 20.8. The molecule has 3 heteroatoms. The van der Waals surface area contributed by atoms with E-state index < -0.39 is 5.97 Å². The Morgan fingerprint density at radius 1 is 1.07 bits per heavy atom. The maximum absolute atomic E-state index is 9.87. The van der Waals surface area contributed by atoms with Gasteiger partial charge < -0.3 is 12.0 Å². The van der Waals surface area contributed by atoms with Gasteiger partial charge in [-0.25, -0.2) is 0 Å². The van der Waals surface area contributed by atoms with Crippen LogP contribution in [0.1, 0.15) is 65.2 Å². The van der Waals surface area contributed by atoms with Gasteiger partial charge in [0.15, 0.2) is 0 Å². The zero-order valence-electron chi connectivity index (χ0n) is 10.7. The average molecular weight is 224 g/mol. The molecule has 0 amide bonds. The minimum atomic E-state index is -0.682. The second kappa shape index (κ2) is 20.0. The van der Waals surface area contributed by atoms with E-state index in [1.807, 2.05) is 0 Å². The fraction of sp³-hybridized carbons (Fsp3) is 0.833. The molecule has 0 bridgehead atoms. The summed E-state index contributed by atoms with van der Waals surface area (Å²) < 4.78 is 0. The van der Waals surface area contributed by atoms with Crippen molar-refractivity contribution in [1.82, 2.24) is 0 Å². The largest absolute Gasteiger partial charge is 1.00 e. The summed E-state index contributed by atoms with van der Waals surface area (Å²) in [5, 5.41) is 8.14. The van der Waals surface area contributed by atoms with E-state index in [2.05, 4.69) is 20.8 Å². The normalized spacial score (nSPS) is 8.47. The van der Waals surface area contributed by atoms with Crippen molar-refractivity contribution in [2.45, 2.75) is 65.2 Å². The van der Waals surface area contributed by atoms with Gasteiger partial charge in [0.05, 0.1) is 0 Å². The first-order chi connectivity index (χ1) is 6.68. The molecule has 0 atom stereocenters. The fourth-order valence-electron chi connectivity index (χ4n) is 0.953. The van der Waals surface area contributed by atoms with Crippen LogP contribution in [0.2, 0.25) is 0 Å². The van der Waals surface area contributed by atoms with Crippen LogP contribution in [0.4, 0.5) is 0 Å². The van der Waals surface area contributed by atoms with Gasteiger partial charge in [-0.15, -0.1) is 0 Å². The first-order valence-corrected chi connectivity index (χ1v) is 5.70. The number of hydrogen-bond acceptors (Lipinski definition) is 1. The Kier molecular flexibility index (Phi) is 27.7. The van der Waals surface area contributed by atoms with Crippen LogP contribution in [0, 0.1) is 6.92 Å². The van der Waals surface area contributed by atoms with Gasteiger partial charge in [-0.1, -0.05) is 46.0 Å². The summed E-state index contributed by atoms with van der Waals surface area (Å²) in [4.78, 5) is 9.87. The van der Waals surface area contributed by atoms with E-state index in [0.717, 1.165) is 25.7 Å². The van der Waals surface area contributed by atoms with Gasteiger partial charge in [0.2, 0.25) is 0 Å². The second-order valence-electron chi connectivity index (χ2n) is 3.41. The van der Waals surface area contributed by atoms with Crippen molar-refractivity contribution in [2.24, 2.45) is 0 Å². The molecular formula is C12H25NaO2. The number of carboxylic acid groups (broad SMARTS) is 1. The predicted molar refractivity (Wildman–Crippen MR) is 61.3 cm³/mol. The van der Waals surface area contributed by atoms with Crippen molar-refractivity contribution in [3.63, 3.8) is 0 Å². The van der Waals surface area contributed by atoms with Gasteiger partial charge in [-0.05, 0) is 6.42 Å². The second-order valence-corrected chi connectivity index (χ2v) is 3.41. The summed E-state index contributed by atoms with van der Waals surface area (Å²) in [7, 11) is 0. The van der Waals surface area contributed by atoms with E-state index in [1.54, 1.807) is 0 Å². The van der Waals surface area contributed by atoms with Crippen LogP contribution in [0.15, 0.2) is 0 Å². The molecule has 15 heavy (non-hydrogen) atoms. The van der Waals surface area contributed by atoms with Crippen molar-refractivity contribution in [2.75, 3.05) is 0 Å². The third-order valence-electron chi connectivity index (χ3n) is 1.85. The molecule has 0 saturated heterocycles. The van der Waals surface area contributed by atoms with E-state index >= 15 is 0 Å². The van der Waals surface area contributed by atoms with E-state index in [9.17, 15) is 4.79 Å². The van der Waals surface area contributed by atoms with Crippen molar-refractivity contribution in [1.29, 1.82) is 0 Å². The minimum absolute atomic E-state index is 0. The summed E-state index contributed by atoms with van der Waals surface area (Å²) in [6.45, 7) is 7.98. The van der Waals surface area contributed by atoms with Crippen LogP contribution in [0.3, 0.4) is 0 Å². The van der Waals surface area contributed by atoms with Crippen molar-refractivity contribution < 1.29 is 39.5 Å². The number of carbonyl (C=O) groups is 1. The van der Waals surface area contributed by atoms with Gasteiger partial charge in [0, 0.05) is 6.42 Å². The Morgan fingerprint density at radius 3 is 1.80 bits per heavy atom. The number of rotatable bonds is 7. The number of hydrogen-bond donors (Lipinski definition) is 1. The summed E-state index contributed by atoms with van der Waals surface area (Å²) in [6, 6.07) is 0. The standard InChI is InChI=1S/C6H12O2.C6H13.Na/c1-2-3-4-5-6(7)8;1-3-5-6-4-2;/h2-5H2,1H3,(H,7,8);1,3-6H2,2H3;/q;-1;+1. The van der Waals surface area contributed by atoms with E-state index in [4.69, 9.17) is 5.11 Å². The molecule has 0 aliphatic heterocycles. The van der Waals surface area contributed by atoms with Crippen LogP contribution in [-0.4, -0.2) is 11.1 Å². The van der Waals surface area contributed by atoms with E-state index in [1.165, 1.54) is 19.3 Å². The van der Waals surface area contributed by atoms with Gasteiger partial charge >= 0.3 is 35.5 Å². The van der Waals surface area contributed by atoms with Gasteiger partial charge in [-0.2, -0.15) is 6.42 Å². The molecule has 0 spiro atoms. The summed E-state index contributed by atoms with van der Waals surface area (Å²) in [6.07, 6.45) is 8.35. The monoisotopic (exact) mass is 224 g/mol. The zero-order valence-corrected chi connectivity index (χ0v) is 12.7. The van der Waals surface area contributed by atoms with Crippen LogP contribution < -0.4 is 29.6 Å². The van der Waals surface area contributed by atoms with E-state index in [-0.39, 0.29) is 29.6 Å². The topological polar surface area (TPSA) is 37.3 Å². The molecule has 0 saturated carbocycles. The quantitative estimate of drug-likeness (QED) is 0.399. The number of unbranched alkanes of at least 4 members (excludes halogenated alkanes) is 5. The SMILES string of the molecule is CCCCCC(=O)O.[CH2-]CCCCC.[Na+]. The molecule has 0 aromatic heterocycles. The molecular weight excluding hydrogens is 199 g/mol. The minimum Gasteiger partial charge on any atom is -0.481 e. The molecule has 0 radical (unpaired) electrons. The van der Waals surface area contributed by atoms with Crippen LogP contribution >= 0.6 is 0 Å². The molecule has 86 valence electrons. The molecule has 0 aromatic rings. The summed E-state index contributed by atoms with van der Waals surface area (Å²) >= 11 is 0. The van der Waals surface area contributed by atoms with Crippen molar-refractivity contribution in [3.8, 4) is 0 Å². The average Bonchev–Trinajstić information content (AvgIpc) is 2.16. The summed E-state index contributed by atoms with van der Waals surface area (Å²) in [5.41, 5.74) is 0. The van der Waals surface area contributed by atoms with Crippen LogP contribution in [0.5, 0.6) is 0 Å². The molecule has 0 aliphatic carbocycles. The Labute approximate surface area is 117 Å². The van der Waals surface area contributed by atoms with Gasteiger partial charge in [-0.3, -0.25) is 4.79 Å². The molecule has 0 rings (SSSR count). The summed E-state index contributed by atoms with van der Waals surface area (Å²) in [5.74, 6) is -0.682. The molecule has 0 fully saturated rings. The maximum Gasteiger partial charge on any atom is 1.00 e. The first-order valence-electron chi connectivity index (χ1n) is 5.70. The van der Waals surface area contributed by atoms with Gasteiger partial charge in [0.25, 0.3) is 0 Å². The Hall–Kier alpha value is 0.470. The Morgan fingerprint density at radius 2 is 1.53 bits per heavy atom. The molecule has 0 aromatic carbocycles. The maximum atomic E-state index is 9.87. The zero-order chi connectivity index (χ0) is 11.2. The molecule has 0 heterocycles. The molecule has 0 aliphatic rings. The number of carboxylic acids is 1. The molecule has 2 nitrogen and oxygen atoms in total. The predicted octanol–water partition coefficient (Wildman–Crippen LogP) is 1.06. The fourth-order valence-corrected chi connectivity index (χ4v) is 0.953. The van der Waals surface area contributed by atoms with Gasteiger partial charge in [0.1, 0.15) is 0 Å². The molecule has 1 N–H and O–H groups in total.